The van der Waals surface area contributed by atoms with Gasteiger partial charge in [-0.2, -0.15) is 0 Å². The largest absolute Gasteiger partial charge is 0.496 e. The van der Waals surface area contributed by atoms with Gasteiger partial charge in [-0.15, -0.1) is 0 Å². The molecule has 0 bridgehead atoms. The van der Waals surface area contributed by atoms with Crippen molar-refractivity contribution in [3.63, 3.8) is 0 Å². The van der Waals surface area contributed by atoms with Crippen LogP contribution in [0.15, 0.2) is 18.2 Å². The number of nitrogens with one attached hydrogen (secondary N) is 1. The van der Waals surface area contributed by atoms with Gasteiger partial charge in [0.2, 0.25) is 5.91 Å². The van der Waals surface area contributed by atoms with Gasteiger partial charge in [-0.25, -0.2) is 0 Å². The summed E-state index contributed by atoms with van der Waals surface area (Å²) >= 11 is 0. The van der Waals surface area contributed by atoms with Gasteiger partial charge >= 0.3 is 0 Å². The molecule has 132 valence electrons. The molecule has 0 spiro atoms. The Morgan fingerprint density at radius 1 is 1.17 bits per heavy atom. The molecule has 6 nitrogen and oxygen atoms in total. The summed E-state index contributed by atoms with van der Waals surface area (Å²) < 4.78 is 5.29. The molecule has 1 saturated heterocycles. The third-order valence-corrected chi connectivity index (χ3v) is 4.39. The third-order valence-electron chi connectivity index (χ3n) is 4.39. The number of ether oxygens (including phenoxy) is 1. The molecule has 1 aliphatic heterocycles. The molecule has 6 heteroatoms. The van der Waals surface area contributed by atoms with Crippen LogP contribution in [0.4, 0.5) is 0 Å². The lowest BCUT2D eigenvalue weighted by molar-refractivity contribution is -0.132. The fraction of sp³-hybridized carbons (Fsp3) is 0.556. The van der Waals surface area contributed by atoms with Crippen molar-refractivity contribution in [1.29, 1.82) is 0 Å². The van der Waals surface area contributed by atoms with Crippen molar-refractivity contribution in [2.75, 3.05) is 46.9 Å². The molecule has 1 heterocycles. The summed E-state index contributed by atoms with van der Waals surface area (Å²) in [5.74, 6) is 0.893. The summed E-state index contributed by atoms with van der Waals surface area (Å²) in [6, 6.07) is 5.51. The summed E-state index contributed by atoms with van der Waals surface area (Å²) in [7, 11) is 3.49. The van der Waals surface area contributed by atoms with Crippen molar-refractivity contribution in [2.45, 2.75) is 19.8 Å². The van der Waals surface area contributed by atoms with Gasteiger partial charge in [0.15, 0.2) is 0 Å². The van der Waals surface area contributed by atoms with E-state index in [0.29, 0.717) is 38.2 Å². The Balaban J connectivity index is 1.89. The highest BCUT2D eigenvalue weighted by Crippen LogP contribution is 2.20. The van der Waals surface area contributed by atoms with E-state index < -0.39 is 0 Å². The second-order valence-corrected chi connectivity index (χ2v) is 6.06. The number of nitrogens with zero attached hydrogens (tertiary/aromatic N) is 2. The number of benzene rings is 1. The van der Waals surface area contributed by atoms with Crippen LogP contribution in [0.1, 0.15) is 28.8 Å². The van der Waals surface area contributed by atoms with E-state index in [9.17, 15) is 9.59 Å². The maximum absolute atomic E-state index is 12.6. The molecule has 24 heavy (non-hydrogen) atoms. The van der Waals surface area contributed by atoms with Crippen LogP contribution in [0.25, 0.3) is 0 Å². The topological polar surface area (TPSA) is 61.9 Å². The van der Waals surface area contributed by atoms with Gasteiger partial charge in [0.1, 0.15) is 5.75 Å². The fourth-order valence-electron chi connectivity index (χ4n) is 2.87. The number of amides is 2. The molecule has 0 radical (unpaired) electrons. The number of aryl methyl sites for hydroxylation is 1. The molecule has 0 unspecified atom stereocenters. The minimum absolute atomic E-state index is 0.00409. The zero-order chi connectivity index (χ0) is 17.5. The van der Waals surface area contributed by atoms with E-state index in [4.69, 9.17) is 4.74 Å². The van der Waals surface area contributed by atoms with Crippen LogP contribution < -0.4 is 10.1 Å². The number of carbonyl (C=O) groups is 2. The highest BCUT2D eigenvalue weighted by atomic mass is 16.5. The van der Waals surface area contributed by atoms with Crippen molar-refractivity contribution in [3.05, 3.63) is 29.3 Å². The van der Waals surface area contributed by atoms with E-state index in [1.54, 1.807) is 13.2 Å². The van der Waals surface area contributed by atoms with E-state index >= 15 is 0 Å². The van der Waals surface area contributed by atoms with Crippen LogP contribution in [-0.4, -0.2) is 68.5 Å². The Bertz CT molecular complexity index is 581. The molecule has 1 aromatic carbocycles. The van der Waals surface area contributed by atoms with Gasteiger partial charge in [0, 0.05) is 38.2 Å². The van der Waals surface area contributed by atoms with Gasteiger partial charge < -0.3 is 19.9 Å². The monoisotopic (exact) mass is 333 g/mol. The molecular weight excluding hydrogens is 306 g/mol. The van der Waals surface area contributed by atoms with E-state index in [1.807, 2.05) is 35.9 Å². The van der Waals surface area contributed by atoms with Crippen LogP contribution in [0.5, 0.6) is 5.75 Å². The summed E-state index contributed by atoms with van der Waals surface area (Å²) in [6.07, 6.45) is 1.40. The molecule has 1 fully saturated rings. The van der Waals surface area contributed by atoms with Gasteiger partial charge in [0.25, 0.3) is 5.91 Å². The van der Waals surface area contributed by atoms with Crippen LogP contribution >= 0.6 is 0 Å². The first-order valence-electron chi connectivity index (χ1n) is 8.43. The number of carbonyl (C=O) groups excluding carboxylic acids is 2. The third kappa shape index (κ3) is 4.47. The maximum Gasteiger partial charge on any atom is 0.254 e. The lowest BCUT2D eigenvalue weighted by atomic mass is 10.1. The fourth-order valence-corrected chi connectivity index (χ4v) is 2.87. The predicted molar refractivity (Wildman–Crippen MR) is 93.4 cm³/mol. The molecule has 2 rings (SSSR count). The molecule has 0 aliphatic carbocycles. The molecular formula is C18H27N3O3. The molecule has 1 aliphatic rings. The first kappa shape index (κ1) is 18.3. The zero-order valence-electron chi connectivity index (χ0n) is 14.8. The van der Waals surface area contributed by atoms with E-state index in [2.05, 4.69) is 5.32 Å². The number of rotatable bonds is 6. The number of methoxy groups -OCH3 is 1. The van der Waals surface area contributed by atoms with Gasteiger partial charge in [-0.1, -0.05) is 6.07 Å². The van der Waals surface area contributed by atoms with Gasteiger partial charge in [-0.05, 0) is 44.6 Å². The maximum atomic E-state index is 12.6. The van der Waals surface area contributed by atoms with Crippen LogP contribution in [0.2, 0.25) is 0 Å². The highest BCUT2D eigenvalue weighted by molar-refractivity contribution is 5.95. The summed E-state index contributed by atoms with van der Waals surface area (Å²) in [5, 5.41) is 3.05. The number of hydrogen-bond donors (Lipinski definition) is 1. The van der Waals surface area contributed by atoms with Crippen molar-refractivity contribution in [1.82, 2.24) is 15.1 Å². The number of piperazine rings is 1. The lowest BCUT2D eigenvalue weighted by Gasteiger charge is -2.35. The highest BCUT2D eigenvalue weighted by Gasteiger charge is 2.24. The molecule has 0 aromatic heterocycles. The minimum atomic E-state index is -0.00409. The van der Waals surface area contributed by atoms with E-state index in [0.717, 1.165) is 24.3 Å². The molecule has 0 atom stereocenters. The first-order valence-corrected chi connectivity index (χ1v) is 8.43. The average Bonchev–Trinajstić information content (AvgIpc) is 2.62. The van der Waals surface area contributed by atoms with Gasteiger partial charge in [-0.3, -0.25) is 9.59 Å². The molecule has 1 aromatic rings. The molecule has 2 amide bonds. The van der Waals surface area contributed by atoms with Crippen LogP contribution in [-0.2, 0) is 4.79 Å². The standard InChI is InChI=1S/C18H27N3O3/c1-14-6-7-15(13-16(14)24-3)18(23)21-11-9-20(10-12-21)17(22)5-4-8-19-2/h6-7,13,19H,4-5,8-12H2,1-3H3. The Morgan fingerprint density at radius 3 is 2.46 bits per heavy atom. The Kier molecular flexibility index (Phi) is 6.61. The van der Waals surface area contributed by atoms with Crippen molar-refractivity contribution in [3.8, 4) is 5.75 Å². The Morgan fingerprint density at radius 2 is 1.83 bits per heavy atom. The molecule has 1 N–H and O–H groups in total. The first-order chi connectivity index (χ1) is 11.6. The van der Waals surface area contributed by atoms with E-state index in [-0.39, 0.29) is 11.8 Å². The van der Waals surface area contributed by atoms with Crippen molar-refractivity contribution < 1.29 is 14.3 Å². The number of hydrogen-bond acceptors (Lipinski definition) is 4. The van der Waals surface area contributed by atoms with Crippen molar-refractivity contribution in [2.24, 2.45) is 0 Å². The second-order valence-electron chi connectivity index (χ2n) is 6.06. The van der Waals surface area contributed by atoms with Crippen LogP contribution in [0.3, 0.4) is 0 Å². The lowest BCUT2D eigenvalue weighted by Crippen LogP contribution is -2.50. The summed E-state index contributed by atoms with van der Waals surface area (Å²) in [5.41, 5.74) is 1.64. The molecule has 0 saturated carbocycles. The average molecular weight is 333 g/mol. The van der Waals surface area contributed by atoms with Crippen LogP contribution in [0, 0.1) is 6.92 Å². The Labute approximate surface area is 143 Å². The predicted octanol–water partition coefficient (Wildman–Crippen LogP) is 1.29. The summed E-state index contributed by atoms with van der Waals surface area (Å²) in [4.78, 5) is 28.4. The normalized spacial score (nSPS) is 14.6. The second kappa shape index (κ2) is 8.68. The smallest absolute Gasteiger partial charge is 0.254 e. The minimum Gasteiger partial charge on any atom is -0.496 e. The zero-order valence-corrected chi connectivity index (χ0v) is 14.8. The van der Waals surface area contributed by atoms with Gasteiger partial charge in [0.05, 0.1) is 7.11 Å². The Hall–Kier alpha value is -2.08. The SMILES string of the molecule is CNCCCC(=O)N1CCN(C(=O)c2ccc(C)c(OC)c2)CC1. The quantitative estimate of drug-likeness (QED) is 0.797. The van der Waals surface area contributed by atoms with Crippen molar-refractivity contribution >= 4 is 11.8 Å². The van der Waals surface area contributed by atoms with E-state index in [1.165, 1.54) is 0 Å². The summed E-state index contributed by atoms with van der Waals surface area (Å²) in [6.45, 7) is 5.16.